The Labute approximate surface area is 147 Å². The van der Waals surface area contributed by atoms with Crippen molar-refractivity contribution in [3.05, 3.63) is 69.1 Å². The molecule has 0 aliphatic rings. The summed E-state index contributed by atoms with van der Waals surface area (Å²) in [5, 5.41) is 16.6. The summed E-state index contributed by atoms with van der Waals surface area (Å²) in [5.74, 6) is -0.916. The van der Waals surface area contributed by atoms with Crippen molar-refractivity contribution in [2.45, 2.75) is 0 Å². The molecule has 0 fully saturated rings. The van der Waals surface area contributed by atoms with Gasteiger partial charge in [0.2, 0.25) is 5.91 Å². The zero-order chi connectivity index (χ0) is 18.1. The molecule has 8 nitrogen and oxygen atoms in total. The van der Waals surface area contributed by atoms with E-state index in [4.69, 9.17) is 0 Å². The number of carbonyl (C=O) groups is 2. The minimum atomic E-state index is -0.510. The Morgan fingerprint density at radius 2 is 1.96 bits per heavy atom. The highest BCUT2D eigenvalue weighted by Gasteiger charge is 2.08. The molecule has 0 bridgehead atoms. The molecule has 0 spiro atoms. The highest BCUT2D eigenvalue weighted by molar-refractivity contribution is 7.16. The van der Waals surface area contributed by atoms with Crippen LogP contribution in [0, 0.1) is 10.1 Å². The van der Waals surface area contributed by atoms with Gasteiger partial charge in [-0.2, -0.15) is 5.10 Å². The van der Waals surface area contributed by atoms with Gasteiger partial charge in [0.25, 0.3) is 5.91 Å². The third-order valence-electron chi connectivity index (χ3n) is 2.82. The van der Waals surface area contributed by atoms with Crippen LogP contribution in [-0.2, 0) is 9.59 Å². The zero-order valence-electron chi connectivity index (χ0n) is 12.9. The third-order valence-corrected chi connectivity index (χ3v) is 3.79. The third kappa shape index (κ3) is 6.36. The van der Waals surface area contributed by atoms with Crippen LogP contribution >= 0.6 is 11.3 Å². The van der Waals surface area contributed by atoms with E-state index in [-0.39, 0.29) is 11.5 Å². The van der Waals surface area contributed by atoms with Gasteiger partial charge in [0.15, 0.2) is 0 Å². The van der Waals surface area contributed by atoms with Crippen molar-refractivity contribution in [2.75, 3.05) is 6.54 Å². The predicted molar refractivity (Wildman–Crippen MR) is 95.2 cm³/mol. The molecule has 0 saturated heterocycles. The Hall–Kier alpha value is -3.33. The summed E-state index contributed by atoms with van der Waals surface area (Å²) in [6.45, 7) is -0.236. The lowest BCUT2D eigenvalue weighted by atomic mass is 10.2. The Kier molecular flexibility index (Phi) is 6.55. The van der Waals surface area contributed by atoms with Gasteiger partial charge < -0.3 is 5.32 Å². The van der Waals surface area contributed by atoms with Crippen molar-refractivity contribution in [1.29, 1.82) is 0 Å². The van der Waals surface area contributed by atoms with Crippen molar-refractivity contribution in [3.8, 4) is 0 Å². The topological polar surface area (TPSA) is 114 Å². The van der Waals surface area contributed by atoms with Gasteiger partial charge in [0.1, 0.15) is 0 Å². The van der Waals surface area contributed by atoms with Crippen LogP contribution in [0.1, 0.15) is 10.4 Å². The van der Waals surface area contributed by atoms with Crippen molar-refractivity contribution in [3.63, 3.8) is 0 Å². The molecular weight excluding hydrogens is 344 g/mol. The number of nitrogens with one attached hydrogen (secondary N) is 2. The minimum Gasteiger partial charge on any atom is -0.343 e. The molecule has 0 aliphatic carbocycles. The number of carbonyl (C=O) groups excluding carboxylic acids is 2. The summed E-state index contributed by atoms with van der Waals surface area (Å²) in [6, 6.07) is 12.1. The fourth-order valence-electron chi connectivity index (χ4n) is 1.68. The highest BCUT2D eigenvalue weighted by atomic mass is 32.1. The maximum absolute atomic E-state index is 11.6. The van der Waals surface area contributed by atoms with E-state index in [9.17, 15) is 19.7 Å². The lowest BCUT2D eigenvalue weighted by Crippen LogP contribution is -2.33. The van der Waals surface area contributed by atoms with Crippen LogP contribution < -0.4 is 10.7 Å². The van der Waals surface area contributed by atoms with Gasteiger partial charge >= 0.3 is 5.00 Å². The molecule has 0 aliphatic heterocycles. The molecule has 0 radical (unpaired) electrons. The minimum absolute atomic E-state index is 0.00903. The first-order valence-electron chi connectivity index (χ1n) is 7.11. The number of nitrogens with zero attached hydrogens (tertiary/aromatic N) is 2. The van der Waals surface area contributed by atoms with Crippen LogP contribution in [0.15, 0.2) is 53.6 Å². The summed E-state index contributed by atoms with van der Waals surface area (Å²) in [7, 11) is 0. The molecule has 25 heavy (non-hydrogen) atoms. The summed E-state index contributed by atoms with van der Waals surface area (Å²) in [5.41, 5.74) is 3.10. The number of rotatable bonds is 7. The standard InChI is InChI=1S/C16H14N4O4S/c21-14(8-6-12-4-2-1-3-5-12)17-11-15(22)19-18-10-13-7-9-16(25-13)20(23)24/h1-10H,11H2,(H,17,21)(H,19,22)/b8-6+,18-10-. The maximum Gasteiger partial charge on any atom is 0.324 e. The Morgan fingerprint density at radius 1 is 1.20 bits per heavy atom. The van der Waals surface area contributed by atoms with E-state index < -0.39 is 16.7 Å². The predicted octanol–water partition coefficient (Wildman–Crippen LogP) is 1.94. The summed E-state index contributed by atoms with van der Waals surface area (Å²) in [6.07, 6.45) is 4.26. The number of hydrazone groups is 1. The molecule has 0 atom stereocenters. The van der Waals surface area contributed by atoms with Gasteiger partial charge in [-0.3, -0.25) is 19.7 Å². The molecule has 1 heterocycles. The van der Waals surface area contributed by atoms with Crippen molar-refractivity contribution >= 4 is 40.4 Å². The molecule has 0 unspecified atom stereocenters. The number of hydrogen-bond donors (Lipinski definition) is 2. The Bertz CT molecular complexity index is 815. The number of thiophene rings is 1. The quantitative estimate of drug-likeness (QED) is 0.341. The second-order valence-electron chi connectivity index (χ2n) is 4.69. The second kappa shape index (κ2) is 9.08. The first-order valence-corrected chi connectivity index (χ1v) is 7.93. The van der Waals surface area contributed by atoms with Crippen molar-refractivity contribution < 1.29 is 14.5 Å². The van der Waals surface area contributed by atoms with E-state index in [0.717, 1.165) is 16.9 Å². The normalized spacial score (nSPS) is 10.9. The molecule has 0 saturated carbocycles. The molecule has 2 N–H and O–H groups in total. The molecule has 2 amide bonds. The molecule has 9 heteroatoms. The van der Waals surface area contributed by atoms with Crippen LogP contribution in [0.5, 0.6) is 0 Å². The van der Waals surface area contributed by atoms with E-state index in [0.29, 0.717) is 4.88 Å². The highest BCUT2D eigenvalue weighted by Crippen LogP contribution is 2.22. The Balaban J connectivity index is 1.72. The molecule has 1 aromatic carbocycles. The smallest absolute Gasteiger partial charge is 0.324 e. The lowest BCUT2D eigenvalue weighted by Gasteiger charge is -2.00. The largest absolute Gasteiger partial charge is 0.343 e. The summed E-state index contributed by atoms with van der Waals surface area (Å²) >= 11 is 0.937. The van der Waals surface area contributed by atoms with E-state index in [1.54, 1.807) is 6.08 Å². The fourth-order valence-corrected chi connectivity index (χ4v) is 2.37. The van der Waals surface area contributed by atoms with Gasteiger partial charge in [-0.05, 0) is 17.7 Å². The van der Waals surface area contributed by atoms with Gasteiger partial charge in [-0.25, -0.2) is 5.43 Å². The number of amides is 2. The van der Waals surface area contributed by atoms with Crippen molar-refractivity contribution in [1.82, 2.24) is 10.7 Å². The number of nitro groups is 1. The monoisotopic (exact) mass is 358 g/mol. The first-order chi connectivity index (χ1) is 12.0. The van der Waals surface area contributed by atoms with E-state index in [2.05, 4.69) is 15.8 Å². The average Bonchev–Trinajstić information content (AvgIpc) is 3.08. The maximum atomic E-state index is 11.6. The van der Waals surface area contributed by atoms with Crippen LogP contribution in [0.25, 0.3) is 6.08 Å². The fraction of sp³-hybridized carbons (Fsp3) is 0.0625. The van der Waals surface area contributed by atoms with Crippen LogP contribution in [0.2, 0.25) is 0 Å². The second-order valence-corrected chi connectivity index (χ2v) is 5.78. The molecule has 2 aromatic rings. The van der Waals surface area contributed by atoms with Crippen molar-refractivity contribution in [2.24, 2.45) is 5.10 Å². The van der Waals surface area contributed by atoms with Crippen LogP contribution in [0.3, 0.4) is 0 Å². The number of hydrogen-bond acceptors (Lipinski definition) is 6. The summed E-state index contributed by atoms with van der Waals surface area (Å²) in [4.78, 5) is 33.7. The number of benzene rings is 1. The van der Waals surface area contributed by atoms with E-state index >= 15 is 0 Å². The Morgan fingerprint density at radius 3 is 2.64 bits per heavy atom. The summed E-state index contributed by atoms with van der Waals surface area (Å²) < 4.78 is 0. The zero-order valence-corrected chi connectivity index (χ0v) is 13.7. The lowest BCUT2D eigenvalue weighted by molar-refractivity contribution is -0.380. The SMILES string of the molecule is O=C(/C=C/c1ccccc1)NCC(=O)N/N=C\c1ccc([N+](=O)[O-])s1. The van der Waals surface area contributed by atoms with Gasteiger partial charge in [0, 0.05) is 12.1 Å². The van der Waals surface area contributed by atoms with E-state index in [1.165, 1.54) is 24.4 Å². The van der Waals surface area contributed by atoms with Gasteiger partial charge in [0.05, 0.1) is 22.6 Å². The van der Waals surface area contributed by atoms with Gasteiger partial charge in [-0.15, -0.1) is 0 Å². The van der Waals surface area contributed by atoms with Gasteiger partial charge in [-0.1, -0.05) is 41.7 Å². The average molecular weight is 358 g/mol. The molecule has 1 aromatic heterocycles. The van der Waals surface area contributed by atoms with Crippen LogP contribution in [-0.4, -0.2) is 29.5 Å². The van der Waals surface area contributed by atoms with E-state index in [1.807, 2.05) is 30.3 Å². The first kappa shape index (κ1) is 18.0. The molecular formula is C16H14N4O4S. The molecule has 2 rings (SSSR count). The molecule has 128 valence electrons. The van der Waals surface area contributed by atoms with Crippen LogP contribution in [0.4, 0.5) is 5.00 Å².